The van der Waals surface area contributed by atoms with Gasteiger partial charge in [0, 0.05) is 27.3 Å². The molecule has 4 aromatic carbocycles. The zero-order chi connectivity index (χ0) is 32.9. The van der Waals surface area contributed by atoms with Crippen LogP contribution in [0.1, 0.15) is 94.6 Å². The number of carbonyl (C=O) groups excluding carboxylic acids is 2. The Hall–Kier alpha value is -5.36. The van der Waals surface area contributed by atoms with E-state index < -0.39 is 16.7 Å². The maximum absolute atomic E-state index is 13.2. The third-order valence-corrected chi connectivity index (χ3v) is 10.3. The van der Waals surface area contributed by atoms with Gasteiger partial charge in [-0.25, -0.2) is 9.59 Å². The maximum atomic E-state index is 13.2. The summed E-state index contributed by atoms with van der Waals surface area (Å²) in [5.41, 5.74) is 3.87. The molecule has 2 aliphatic carbocycles. The Morgan fingerprint density at radius 2 is 0.915 bits per heavy atom. The molecule has 0 saturated carbocycles. The highest BCUT2D eigenvalue weighted by Gasteiger charge is 2.56. The van der Waals surface area contributed by atoms with Gasteiger partial charge in [-0.15, -0.1) is 0 Å². The molecule has 1 spiro atoms. The molecular weight excluding hydrogens is 588 g/mol. The number of rotatable bonds is 4. The van der Waals surface area contributed by atoms with E-state index in [1.807, 2.05) is 24.3 Å². The highest BCUT2D eigenvalue weighted by Crippen LogP contribution is 2.63. The number of hydrogen-bond donors (Lipinski definition) is 0. The van der Waals surface area contributed by atoms with Gasteiger partial charge in [0.15, 0.2) is 11.6 Å². The average Bonchev–Trinajstić information content (AvgIpc) is 3.40. The van der Waals surface area contributed by atoms with Crippen molar-refractivity contribution in [1.82, 2.24) is 0 Å². The van der Waals surface area contributed by atoms with Crippen LogP contribution in [0.25, 0.3) is 21.9 Å². The molecule has 0 fully saturated rings. The monoisotopic (exact) mass is 620 g/mol. The van der Waals surface area contributed by atoms with Crippen molar-refractivity contribution in [2.75, 3.05) is 0 Å². The molecule has 6 nitrogen and oxygen atoms in total. The van der Waals surface area contributed by atoms with E-state index in [0.717, 1.165) is 35.1 Å². The van der Waals surface area contributed by atoms with Crippen LogP contribution in [-0.2, 0) is 16.2 Å². The third kappa shape index (κ3) is 4.31. The lowest BCUT2D eigenvalue weighted by molar-refractivity contribution is 0.102. The largest absolute Gasteiger partial charge is 0.422 e. The van der Waals surface area contributed by atoms with Gasteiger partial charge in [-0.1, -0.05) is 88.4 Å². The smallest absolute Gasteiger partial charge is 0.347 e. The van der Waals surface area contributed by atoms with Crippen LogP contribution in [0.4, 0.5) is 0 Å². The minimum absolute atomic E-state index is 0.00752. The molecule has 2 aliphatic rings. The molecule has 0 aliphatic heterocycles. The quantitative estimate of drug-likeness (QED) is 0.146. The van der Waals surface area contributed by atoms with E-state index in [2.05, 4.69) is 39.8 Å². The van der Waals surface area contributed by atoms with Crippen LogP contribution >= 0.6 is 0 Å². The van der Waals surface area contributed by atoms with E-state index in [9.17, 15) is 19.2 Å². The first-order valence-electron chi connectivity index (χ1n) is 15.8. The van der Waals surface area contributed by atoms with Gasteiger partial charge in [-0.05, 0) is 82.3 Å². The number of benzene rings is 4. The fraction of sp³-hybridized carbons (Fsp3) is 0.220. The van der Waals surface area contributed by atoms with Gasteiger partial charge in [-0.2, -0.15) is 0 Å². The van der Waals surface area contributed by atoms with Crippen LogP contribution in [0.2, 0.25) is 0 Å². The Bertz CT molecular complexity index is 2250. The Morgan fingerprint density at radius 1 is 0.532 bits per heavy atom. The average molecular weight is 621 g/mol. The van der Waals surface area contributed by atoms with Gasteiger partial charge in [0.1, 0.15) is 22.3 Å². The van der Waals surface area contributed by atoms with E-state index in [0.29, 0.717) is 33.1 Å². The summed E-state index contributed by atoms with van der Waals surface area (Å²) in [5.74, 6) is -0.739. The van der Waals surface area contributed by atoms with Crippen LogP contribution in [0.15, 0.2) is 115 Å². The van der Waals surface area contributed by atoms with Crippen LogP contribution in [0.5, 0.6) is 0 Å². The molecule has 0 atom stereocenters. The first-order valence-corrected chi connectivity index (χ1v) is 15.8. The van der Waals surface area contributed by atoms with E-state index >= 15 is 0 Å². The molecular formula is C41H32O6. The second kappa shape index (κ2) is 9.82. The molecule has 47 heavy (non-hydrogen) atoms. The topological polar surface area (TPSA) is 94.6 Å². The highest BCUT2D eigenvalue weighted by atomic mass is 16.4. The standard InChI is InChI=1S/C41H32O6/c1-39(2)21-41(31-19-33-25(17-29(31)39)15-27(37(44)46-33)35(42)23-11-7-5-8-12-23)22-40(3,4)30-18-26-16-28(36(43)24-13-9-6-10-14-24)38(45)47-34(26)20-32(30)41/h5-20H,21-22H2,1-4H3. The number of fused-ring (bicyclic) bond motifs is 6. The zero-order valence-electron chi connectivity index (χ0n) is 26.6. The van der Waals surface area contributed by atoms with Gasteiger partial charge in [0.05, 0.1) is 0 Å². The Morgan fingerprint density at radius 3 is 1.30 bits per heavy atom. The molecule has 232 valence electrons. The van der Waals surface area contributed by atoms with Crippen molar-refractivity contribution in [3.63, 3.8) is 0 Å². The molecule has 8 rings (SSSR count). The molecule has 0 amide bonds. The van der Waals surface area contributed by atoms with Crippen LogP contribution < -0.4 is 11.3 Å². The summed E-state index contributed by atoms with van der Waals surface area (Å²) in [6, 6.07) is 28.9. The van der Waals surface area contributed by atoms with Gasteiger partial charge < -0.3 is 8.83 Å². The summed E-state index contributed by atoms with van der Waals surface area (Å²) >= 11 is 0. The van der Waals surface area contributed by atoms with Crippen LogP contribution in [0, 0.1) is 0 Å². The van der Waals surface area contributed by atoms with Crippen molar-refractivity contribution in [2.24, 2.45) is 0 Å². The molecule has 0 N–H and O–H groups in total. The summed E-state index contributed by atoms with van der Waals surface area (Å²) in [4.78, 5) is 52.8. The fourth-order valence-corrected chi connectivity index (χ4v) is 8.34. The molecule has 2 aromatic heterocycles. The molecule has 0 bridgehead atoms. The Kier molecular flexibility index (Phi) is 6.07. The molecule has 2 heterocycles. The fourth-order valence-electron chi connectivity index (χ4n) is 8.34. The van der Waals surface area contributed by atoms with E-state index in [1.165, 1.54) is 0 Å². The van der Waals surface area contributed by atoms with Crippen LogP contribution in [0.3, 0.4) is 0 Å². The lowest BCUT2D eigenvalue weighted by Crippen LogP contribution is -2.27. The lowest BCUT2D eigenvalue weighted by Gasteiger charge is -2.30. The first-order chi connectivity index (χ1) is 22.4. The molecule has 0 radical (unpaired) electrons. The predicted molar refractivity (Wildman–Crippen MR) is 181 cm³/mol. The van der Waals surface area contributed by atoms with E-state index in [4.69, 9.17) is 8.83 Å². The zero-order valence-corrected chi connectivity index (χ0v) is 26.6. The van der Waals surface area contributed by atoms with Crippen molar-refractivity contribution in [3.05, 3.63) is 162 Å². The normalized spacial score (nSPS) is 16.8. The van der Waals surface area contributed by atoms with E-state index in [1.54, 1.807) is 60.7 Å². The van der Waals surface area contributed by atoms with E-state index in [-0.39, 0.29) is 33.5 Å². The number of hydrogen-bond acceptors (Lipinski definition) is 6. The second-order valence-corrected chi connectivity index (χ2v) is 14.4. The summed E-state index contributed by atoms with van der Waals surface area (Å²) in [6.45, 7) is 8.87. The third-order valence-electron chi connectivity index (χ3n) is 10.3. The molecule has 0 unspecified atom stereocenters. The summed E-state index contributed by atoms with van der Waals surface area (Å²) in [6.07, 6.45) is 1.59. The van der Waals surface area contributed by atoms with Crippen molar-refractivity contribution in [2.45, 2.75) is 56.8 Å². The molecule has 6 aromatic rings. The van der Waals surface area contributed by atoms with Crippen molar-refractivity contribution < 1.29 is 18.4 Å². The first kappa shape index (κ1) is 29.1. The van der Waals surface area contributed by atoms with Gasteiger partial charge >= 0.3 is 11.3 Å². The van der Waals surface area contributed by atoms with Crippen LogP contribution in [-0.4, -0.2) is 11.6 Å². The Balaban J connectivity index is 1.29. The minimum atomic E-state index is -0.668. The van der Waals surface area contributed by atoms with Gasteiger partial charge in [0.25, 0.3) is 0 Å². The van der Waals surface area contributed by atoms with Gasteiger partial charge in [0.2, 0.25) is 0 Å². The van der Waals surface area contributed by atoms with Gasteiger partial charge in [-0.3, -0.25) is 9.59 Å². The van der Waals surface area contributed by atoms with Crippen molar-refractivity contribution in [3.8, 4) is 0 Å². The second-order valence-electron chi connectivity index (χ2n) is 14.4. The number of carbonyl (C=O) groups is 2. The summed E-state index contributed by atoms with van der Waals surface area (Å²) in [5, 5.41) is 1.40. The van der Waals surface area contributed by atoms with Crippen molar-refractivity contribution >= 4 is 33.5 Å². The Labute approximate surface area is 270 Å². The number of ketones is 2. The summed E-state index contributed by atoms with van der Waals surface area (Å²) < 4.78 is 11.7. The maximum Gasteiger partial charge on any atom is 0.347 e. The predicted octanol–water partition coefficient (Wildman–Crippen LogP) is 8.01. The molecule has 6 heteroatoms. The highest BCUT2D eigenvalue weighted by molar-refractivity contribution is 6.10. The summed E-state index contributed by atoms with van der Waals surface area (Å²) in [7, 11) is 0. The lowest BCUT2D eigenvalue weighted by atomic mass is 9.72. The SMILES string of the molecule is CC1(C)CC2(CC(C)(C)c3cc4cc(C(=O)c5ccccc5)c(=O)oc4cc32)c2cc3oc(=O)c(C(=O)c4ccccc4)cc3cc21. The van der Waals surface area contributed by atoms with Crippen molar-refractivity contribution in [1.29, 1.82) is 0 Å². The minimum Gasteiger partial charge on any atom is -0.422 e. The molecule has 0 saturated heterocycles.